The summed E-state index contributed by atoms with van der Waals surface area (Å²) in [6, 6.07) is 0.278. The molecule has 0 aromatic carbocycles. The van der Waals surface area contributed by atoms with E-state index in [1.807, 2.05) is 19.3 Å². The smallest absolute Gasteiger partial charge is 0.225 e. The van der Waals surface area contributed by atoms with E-state index in [9.17, 15) is 0 Å². The Bertz CT molecular complexity index is 636. The molecule has 1 aliphatic heterocycles. The molecule has 0 amide bonds. The van der Waals surface area contributed by atoms with E-state index in [1.54, 1.807) is 11.3 Å². The van der Waals surface area contributed by atoms with Gasteiger partial charge in [0.25, 0.3) is 0 Å². The molecule has 1 saturated heterocycles. The summed E-state index contributed by atoms with van der Waals surface area (Å²) in [7, 11) is 0. The number of aryl methyl sites for hydroxylation is 2. The molecule has 2 aromatic rings. The van der Waals surface area contributed by atoms with Crippen LogP contribution in [0, 0.1) is 13.8 Å². The number of morpholine rings is 1. The Morgan fingerprint density at radius 1 is 1.26 bits per heavy atom. The van der Waals surface area contributed by atoms with E-state index in [1.165, 1.54) is 4.88 Å². The van der Waals surface area contributed by atoms with Crippen LogP contribution in [0.15, 0.2) is 12.4 Å². The molecule has 124 valence electrons. The molecule has 0 unspecified atom stereocenters. The van der Waals surface area contributed by atoms with Gasteiger partial charge in [-0.15, -0.1) is 11.3 Å². The van der Waals surface area contributed by atoms with Gasteiger partial charge >= 0.3 is 0 Å². The van der Waals surface area contributed by atoms with E-state index < -0.39 is 0 Å². The van der Waals surface area contributed by atoms with E-state index in [0.29, 0.717) is 0 Å². The average Bonchev–Trinajstić information content (AvgIpc) is 2.92. The minimum atomic E-state index is 0.278. The number of hydrogen-bond donors (Lipinski definition) is 1. The summed E-state index contributed by atoms with van der Waals surface area (Å²) in [5.74, 6) is 0.791. The molecule has 0 radical (unpaired) electrons. The first kappa shape index (κ1) is 16.3. The molecule has 3 heterocycles. The molecule has 1 N–H and O–H groups in total. The number of hydrogen-bond acceptors (Lipinski definition) is 7. The third kappa shape index (κ3) is 4.04. The fourth-order valence-corrected chi connectivity index (χ4v) is 3.63. The lowest BCUT2D eigenvalue weighted by molar-refractivity contribution is 0.122. The Hall–Kier alpha value is -1.57. The summed E-state index contributed by atoms with van der Waals surface area (Å²) in [6.07, 6.45) is 3.81. The molecule has 23 heavy (non-hydrogen) atoms. The number of rotatable bonds is 5. The standard InChI is InChI=1S/C16H23N5OS/c1-11(15-12(2)20-13(3)23-15)17-8-14-9-18-16(19-10-14)21-4-6-22-7-5-21/h9-11,17H,4-8H2,1-3H3/t11-/m1/s1. The van der Waals surface area contributed by atoms with Gasteiger partial charge in [-0.25, -0.2) is 15.0 Å². The topological polar surface area (TPSA) is 63.2 Å². The van der Waals surface area contributed by atoms with Crippen molar-refractivity contribution in [2.24, 2.45) is 0 Å². The summed E-state index contributed by atoms with van der Waals surface area (Å²) in [5, 5.41) is 4.64. The predicted molar refractivity (Wildman–Crippen MR) is 91.9 cm³/mol. The molecule has 3 rings (SSSR count). The van der Waals surface area contributed by atoms with Crippen LogP contribution in [-0.2, 0) is 11.3 Å². The Labute approximate surface area is 140 Å². The largest absolute Gasteiger partial charge is 0.378 e. The first-order valence-electron chi connectivity index (χ1n) is 7.94. The van der Waals surface area contributed by atoms with E-state index >= 15 is 0 Å². The molecular weight excluding hydrogens is 310 g/mol. The second-order valence-electron chi connectivity index (χ2n) is 5.78. The molecule has 1 aliphatic rings. The highest BCUT2D eigenvalue weighted by molar-refractivity contribution is 7.11. The Morgan fingerprint density at radius 2 is 1.96 bits per heavy atom. The first-order valence-corrected chi connectivity index (χ1v) is 8.76. The highest BCUT2D eigenvalue weighted by atomic mass is 32.1. The van der Waals surface area contributed by atoms with Crippen molar-refractivity contribution in [1.82, 2.24) is 20.3 Å². The second-order valence-corrected chi connectivity index (χ2v) is 7.01. The Kier molecular flexibility index (Phi) is 5.20. The molecule has 7 heteroatoms. The molecule has 0 spiro atoms. The zero-order valence-electron chi connectivity index (χ0n) is 13.9. The number of aromatic nitrogens is 3. The molecular formula is C16H23N5OS. The maximum atomic E-state index is 5.35. The lowest BCUT2D eigenvalue weighted by atomic mass is 10.2. The number of ether oxygens (including phenoxy) is 1. The quantitative estimate of drug-likeness (QED) is 0.905. The van der Waals surface area contributed by atoms with Crippen LogP contribution in [-0.4, -0.2) is 41.3 Å². The molecule has 6 nitrogen and oxygen atoms in total. The van der Waals surface area contributed by atoms with E-state index in [-0.39, 0.29) is 6.04 Å². The Balaban J connectivity index is 1.57. The number of thiazole rings is 1. The number of nitrogens with zero attached hydrogens (tertiary/aromatic N) is 4. The van der Waals surface area contributed by atoms with Crippen LogP contribution in [0.1, 0.15) is 34.1 Å². The average molecular weight is 333 g/mol. The first-order chi connectivity index (χ1) is 11.1. The van der Waals surface area contributed by atoms with Gasteiger partial charge in [-0.05, 0) is 20.8 Å². The van der Waals surface area contributed by atoms with Crippen LogP contribution in [0.4, 0.5) is 5.95 Å². The van der Waals surface area contributed by atoms with Crippen molar-refractivity contribution in [3.05, 3.63) is 33.5 Å². The SMILES string of the molecule is Cc1nc(C)c([C@@H](C)NCc2cnc(N3CCOCC3)nc2)s1. The van der Waals surface area contributed by atoms with Crippen molar-refractivity contribution < 1.29 is 4.74 Å². The van der Waals surface area contributed by atoms with E-state index in [4.69, 9.17) is 4.74 Å². The van der Waals surface area contributed by atoms with Gasteiger partial charge in [-0.2, -0.15) is 0 Å². The van der Waals surface area contributed by atoms with E-state index in [0.717, 1.165) is 55.1 Å². The van der Waals surface area contributed by atoms with Crippen LogP contribution < -0.4 is 10.2 Å². The summed E-state index contributed by atoms with van der Waals surface area (Å²) in [6.45, 7) is 10.3. The van der Waals surface area contributed by atoms with Gasteiger partial charge in [0.15, 0.2) is 0 Å². The molecule has 1 fully saturated rings. The van der Waals surface area contributed by atoms with Crippen LogP contribution in [0.5, 0.6) is 0 Å². The number of nitrogens with one attached hydrogen (secondary N) is 1. The summed E-state index contributed by atoms with van der Waals surface area (Å²) in [5.41, 5.74) is 2.21. The summed E-state index contributed by atoms with van der Waals surface area (Å²) in [4.78, 5) is 16.9. The third-order valence-corrected chi connectivity index (χ3v) is 5.19. The van der Waals surface area contributed by atoms with Crippen LogP contribution in [0.2, 0.25) is 0 Å². The van der Waals surface area contributed by atoms with Crippen molar-refractivity contribution >= 4 is 17.3 Å². The van der Waals surface area contributed by atoms with Gasteiger partial charge in [0, 0.05) is 48.5 Å². The highest BCUT2D eigenvalue weighted by Crippen LogP contribution is 2.24. The summed E-state index contributed by atoms with van der Waals surface area (Å²) >= 11 is 1.76. The summed E-state index contributed by atoms with van der Waals surface area (Å²) < 4.78 is 5.35. The minimum Gasteiger partial charge on any atom is -0.378 e. The molecule has 0 aliphatic carbocycles. The second kappa shape index (κ2) is 7.33. The molecule has 1 atom stereocenters. The highest BCUT2D eigenvalue weighted by Gasteiger charge is 2.14. The van der Waals surface area contributed by atoms with Crippen molar-refractivity contribution in [2.75, 3.05) is 31.2 Å². The predicted octanol–water partition coefficient (Wildman–Crippen LogP) is 2.24. The zero-order chi connectivity index (χ0) is 16.2. The van der Waals surface area contributed by atoms with Crippen molar-refractivity contribution in [3.63, 3.8) is 0 Å². The zero-order valence-corrected chi connectivity index (χ0v) is 14.7. The Morgan fingerprint density at radius 3 is 2.57 bits per heavy atom. The fraction of sp³-hybridized carbons (Fsp3) is 0.562. The van der Waals surface area contributed by atoms with Gasteiger partial charge in [-0.3, -0.25) is 0 Å². The van der Waals surface area contributed by atoms with E-state index in [2.05, 4.69) is 39.0 Å². The monoisotopic (exact) mass is 333 g/mol. The maximum Gasteiger partial charge on any atom is 0.225 e. The lowest BCUT2D eigenvalue weighted by Gasteiger charge is -2.26. The fourth-order valence-electron chi connectivity index (χ4n) is 2.68. The van der Waals surface area contributed by atoms with Gasteiger partial charge in [0.1, 0.15) is 0 Å². The normalized spacial score (nSPS) is 16.6. The van der Waals surface area contributed by atoms with Crippen LogP contribution in [0.25, 0.3) is 0 Å². The van der Waals surface area contributed by atoms with Crippen molar-refractivity contribution in [2.45, 2.75) is 33.4 Å². The molecule has 2 aromatic heterocycles. The van der Waals surface area contributed by atoms with Crippen LogP contribution in [0.3, 0.4) is 0 Å². The van der Waals surface area contributed by atoms with Crippen LogP contribution >= 0.6 is 11.3 Å². The minimum absolute atomic E-state index is 0.278. The van der Waals surface area contributed by atoms with Gasteiger partial charge in [-0.1, -0.05) is 0 Å². The van der Waals surface area contributed by atoms with Gasteiger partial charge < -0.3 is 15.0 Å². The van der Waals surface area contributed by atoms with Gasteiger partial charge in [0.05, 0.1) is 23.9 Å². The third-order valence-electron chi connectivity index (χ3n) is 3.93. The molecule has 0 saturated carbocycles. The van der Waals surface area contributed by atoms with Gasteiger partial charge in [0.2, 0.25) is 5.95 Å². The number of anilines is 1. The maximum absolute atomic E-state index is 5.35. The van der Waals surface area contributed by atoms with Crippen molar-refractivity contribution in [1.29, 1.82) is 0 Å². The lowest BCUT2D eigenvalue weighted by Crippen LogP contribution is -2.37. The molecule has 0 bridgehead atoms. The van der Waals surface area contributed by atoms with Crippen molar-refractivity contribution in [3.8, 4) is 0 Å².